The predicted octanol–water partition coefficient (Wildman–Crippen LogP) is 10.2. The van der Waals surface area contributed by atoms with Gasteiger partial charge in [-0.05, 0) is 54.4 Å². The second-order valence-corrected chi connectivity index (χ2v) is 20.3. The summed E-state index contributed by atoms with van der Waals surface area (Å²) in [5.74, 6) is -0.978. The van der Waals surface area contributed by atoms with Crippen LogP contribution in [0.4, 0.5) is 0 Å². The van der Waals surface area contributed by atoms with Crippen molar-refractivity contribution in [3.05, 3.63) is 0 Å². The van der Waals surface area contributed by atoms with Crippen molar-refractivity contribution in [3.63, 3.8) is 0 Å². The van der Waals surface area contributed by atoms with E-state index in [9.17, 15) is 14.4 Å². The van der Waals surface area contributed by atoms with Crippen LogP contribution in [0.5, 0.6) is 0 Å². The highest BCUT2D eigenvalue weighted by atomic mass is 79.9. The number of carbonyl (C=O) groups is 3. The van der Waals surface area contributed by atoms with Gasteiger partial charge in [0.05, 0.1) is 6.54 Å². The molecule has 0 fully saturated rings. The third-order valence-corrected chi connectivity index (χ3v) is 9.31. The molecule has 0 radical (unpaired) electrons. The van der Waals surface area contributed by atoms with E-state index in [-0.39, 0.29) is 37.7 Å². The quantitative estimate of drug-likeness (QED) is 0.0245. The lowest BCUT2D eigenvalue weighted by molar-refractivity contribution is -0.928. The maximum absolute atomic E-state index is 12.5. The zero-order valence-corrected chi connectivity index (χ0v) is 35.1. The van der Waals surface area contributed by atoms with Crippen LogP contribution in [-0.2, 0) is 28.6 Å². The number of halogens is 3. The lowest BCUT2D eigenvalue weighted by atomic mass is 10.0. The molecule has 0 aliphatic rings. The minimum absolute atomic E-state index is 0.225. The van der Waals surface area contributed by atoms with E-state index in [0.717, 1.165) is 19.4 Å². The van der Waals surface area contributed by atoms with Gasteiger partial charge in [0.1, 0.15) is 52.4 Å². The normalized spacial score (nSPS) is 12.7. The Morgan fingerprint density at radius 3 is 0.913 bits per heavy atom. The van der Waals surface area contributed by atoms with E-state index in [1.807, 2.05) is 0 Å². The van der Waals surface area contributed by atoms with Crippen molar-refractivity contribution in [2.24, 2.45) is 0 Å². The minimum Gasteiger partial charge on any atom is -0.459 e. The van der Waals surface area contributed by atoms with Crippen molar-refractivity contribution in [1.82, 2.24) is 0 Å². The largest absolute Gasteiger partial charge is 0.459 e. The Morgan fingerprint density at radius 1 is 0.435 bits per heavy atom. The molecule has 0 spiro atoms. The number of ether oxygens (including phenoxy) is 3. The number of hydrogen-bond acceptors (Lipinski definition) is 6. The number of quaternary nitrogens is 1. The van der Waals surface area contributed by atoms with E-state index >= 15 is 0 Å². The number of carbonyl (C=O) groups excluding carboxylic acids is 3. The molecule has 46 heavy (non-hydrogen) atoms. The second kappa shape index (κ2) is 24.9. The van der Waals surface area contributed by atoms with Gasteiger partial charge < -0.3 is 18.7 Å². The van der Waals surface area contributed by atoms with Gasteiger partial charge in [-0.1, -0.05) is 145 Å². The summed E-state index contributed by atoms with van der Waals surface area (Å²) in [5.41, 5.74) is 0. The van der Waals surface area contributed by atoms with Gasteiger partial charge in [0.25, 0.3) is 0 Å². The van der Waals surface area contributed by atoms with Gasteiger partial charge in [-0.25, -0.2) is 0 Å². The third-order valence-electron chi connectivity index (χ3n) is 8.34. The van der Waals surface area contributed by atoms with Crippen LogP contribution >= 0.6 is 47.8 Å². The average molecular weight is 850 g/mol. The molecule has 0 atom stereocenters. The van der Waals surface area contributed by atoms with Crippen molar-refractivity contribution >= 4 is 65.7 Å². The summed E-state index contributed by atoms with van der Waals surface area (Å²) in [6.07, 6.45) is 20.9. The highest BCUT2D eigenvalue weighted by Crippen LogP contribution is 2.22. The SMILES string of the molecule is CCCCCCCCCCCCCCCCCC[N+](CCOC(=O)C(C)(C)Br)(CCOC(=O)C(C)(C)Br)CCOC(=O)C(C)(C)Br. The Bertz CT molecular complexity index is 754. The molecule has 0 aromatic rings. The van der Waals surface area contributed by atoms with Crippen LogP contribution in [0.3, 0.4) is 0 Å². The summed E-state index contributed by atoms with van der Waals surface area (Å²) in [4.78, 5) is 37.4. The molecule has 0 aromatic heterocycles. The zero-order valence-electron chi connectivity index (χ0n) is 30.3. The fourth-order valence-electron chi connectivity index (χ4n) is 5.18. The van der Waals surface area contributed by atoms with Crippen LogP contribution in [0.25, 0.3) is 0 Å². The molecule has 0 heterocycles. The molecule has 7 nitrogen and oxygen atoms in total. The number of alkyl halides is 3. The van der Waals surface area contributed by atoms with Gasteiger partial charge in [-0.2, -0.15) is 0 Å². The van der Waals surface area contributed by atoms with Gasteiger partial charge in [-0.3, -0.25) is 14.4 Å². The van der Waals surface area contributed by atoms with Crippen molar-refractivity contribution in [2.75, 3.05) is 46.0 Å². The monoisotopic (exact) mass is 846 g/mol. The average Bonchev–Trinajstić information content (AvgIpc) is 2.95. The van der Waals surface area contributed by atoms with Crippen molar-refractivity contribution in [1.29, 1.82) is 0 Å². The first-order valence-electron chi connectivity index (χ1n) is 17.9. The maximum atomic E-state index is 12.5. The third kappa shape index (κ3) is 24.0. The van der Waals surface area contributed by atoms with Crippen LogP contribution in [0, 0.1) is 0 Å². The summed E-state index contributed by atoms with van der Waals surface area (Å²) < 4.78 is 15.1. The number of unbranched alkanes of at least 4 members (excludes halogenated alkanes) is 15. The maximum Gasteiger partial charge on any atom is 0.322 e. The second-order valence-electron chi connectivity index (χ2n) is 14.4. The minimum atomic E-state index is -0.773. The molecule has 0 N–H and O–H groups in total. The molecule has 0 aliphatic heterocycles. The molecule has 0 aromatic carbocycles. The Kier molecular flexibility index (Phi) is 24.8. The van der Waals surface area contributed by atoms with E-state index in [0.29, 0.717) is 24.1 Å². The highest BCUT2D eigenvalue weighted by molar-refractivity contribution is 9.10. The van der Waals surface area contributed by atoms with E-state index in [1.54, 1.807) is 41.5 Å². The number of hydrogen-bond donors (Lipinski definition) is 0. The molecule has 272 valence electrons. The molecule has 10 heteroatoms. The van der Waals surface area contributed by atoms with Crippen LogP contribution in [-0.4, -0.2) is 81.4 Å². The summed E-state index contributed by atoms with van der Waals surface area (Å²) in [7, 11) is 0. The molecule has 0 unspecified atom stereocenters. The van der Waals surface area contributed by atoms with Crippen LogP contribution in [0.1, 0.15) is 151 Å². The molecule has 0 aliphatic carbocycles. The van der Waals surface area contributed by atoms with Crippen LogP contribution < -0.4 is 0 Å². The topological polar surface area (TPSA) is 78.9 Å². The van der Waals surface area contributed by atoms with Gasteiger partial charge >= 0.3 is 17.9 Å². The van der Waals surface area contributed by atoms with E-state index in [2.05, 4.69) is 54.7 Å². The fourth-order valence-corrected chi connectivity index (χ4v) is 5.52. The Labute approximate surface area is 307 Å². The van der Waals surface area contributed by atoms with E-state index < -0.39 is 13.0 Å². The van der Waals surface area contributed by atoms with Gasteiger partial charge in [-0.15, -0.1) is 0 Å². The molecular formula is C36H67Br3NO6+. The fraction of sp³-hybridized carbons (Fsp3) is 0.917. The number of rotatable bonds is 29. The highest BCUT2D eigenvalue weighted by Gasteiger charge is 2.33. The first kappa shape index (κ1) is 45.8. The molecule has 0 bridgehead atoms. The van der Waals surface area contributed by atoms with E-state index in [4.69, 9.17) is 14.2 Å². The Balaban J connectivity index is 4.97. The molecule has 0 saturated carbocycles. The number of esters is 3. The van der Waals surface area contributed by atoms with Crippen molar-refractivity contribution in [2.45, 2.75) is 164 Å². The lowest BCUT2D eigenvalue weighted by Crippen LogP contribution is -2.55. The summed E-state index contributed by atoms with van der Waals surface area (Å²) in [5, 5.41) is 0. The lowest BCUT2D eigenvalue weighted by Gasteiger charge is -2.39. The zero-order chi connectivity index (χ0) is 35.1. The first-order valence-corrected chi connectivity index (χ1v) is 20.3. The molecule has 0 amide bonds. The van der Waals surface area contributed by atoms with Gasteiger partial charge in [0, 0.05) is 0 Å². The summed E-state index contributed by atoms with van der Waals surface area (Å²) >= 11 is 10.1. The predicted molar refractivity (Wildman–Crippen MR) is 201 cm³/mol. The first-order chi connectivity index (χ1) is 21.4. The smallest absolute Gasteiger partial charge is 0.322 e. The Hall–Kier alpha value is -0.190. The molecule has 0 rings (SSSR count). The standard InChI is InChI=1S/C36H67Br3NO6/c1-8-9-10-11-12-13-14-15-16-17-18-19-20-21-22-23-24-40(25-28-44-31(41)34(2,3)37,26-29-45-32(42)35(4,5)38)27-30-46-33(43)36(6,7)39/h8-30H2,1-7H3/q+1. The molecule has 0 saturated heterocycles. The van der Waals surface area contributed by atoms with Gasteiger partial charge in [0.2, 0.25) is 0 Å². The summed E-state index contributed by atoms with van der Waals surface area (Å²) in [6, 6.07) is 0. The van der Waals surface area contributed by atoms with E-state index in [1.165, 1.54) is 89.9 Å². The van der Waals surface area contributed by atoms with Crippen LogP contribution in [0.15, 0.2) is 0 Å². The van der Waals surface area contributed by atoms with Crippen molar-refractivity contribution < 1.29 is 33.1 Å². The number of nitrogens with zero attached hydrogens (tertiary/aromatic N) is 1. The summed E-state index contributed by atoms with van der Waals surface area (Å²) in [6.45, 7) is 15.9. The van der Waals surface area contributed by atoms with Crippen molar-refractivity contribution in [3.8, 4) is 0 Å². The Morgan fingerprint density at radius 2 is 0.674 bits per heavy atom. The molecular weight excluding hydrogens is 782 g/mol. The van der Waals surface area contributed by atoms with Gasteiger partial charge in [0.15, 0.2) is 0 Å². The van der Waals surface area contributed by atoms with Crippen LogP contribution in [0.2, 0.25) is 0 Å².